The van der Waals surface area contributed by atoms with Crippen molar-refractivity contribution in [3.8, 4) is 0 Å². The Labute approximate surface area is 202 Å². The molecule has 0 aliphatic heterocycles. The highest BCUT2D eigenvalue weighted by Crippen LogP contribution is 2.29. The molecule has 3 aromatic carbocycles. The van der Waals surface area contributed by atoms with Crippen LogP contribution in [0.25, 0.3) is 11.0 Å². The van der Waals surface area contributed by atoms with Gasteiger partial charge in [0.05, 0.1) is 35.1 Å². The van der Waals surface area contributed by atoms with Crippen LogP contribution in [0.5, 0.6) is 0 Å². The van der Waals surface area contributed by atoms with E-state index < -0.39 is 11.7 Å². The molecule has 34 heavy (non-hydrogen) atoms. The molecule has 0 aliphatic carbocycles. The number of amides is 1. The first-order valence-electron chi connectivity index (χ1n) is 10.1. The van der Waals surface area contributed by atoms with Crippen LogP contribution < -0.4 is 5.43 Å². The summed E-state index contributed by atoms with van der Waals surface area (Å²) in [5.41, 5.74) is 4.89. The van der Waals surface area contributed by atoms with Gasteiger partial charge >= 0.3 is 6.18 Å². The first-order chi connectivity index (χ1) is 16.3. The van der Waals surface area contributed by atoms with Gasteiger partial charge in [0.1, 0.15) is 0 Å². The number of rotatable bonds is 7. The molecule has 0 saturated heterocycles. The summed E-state index contributed by atoms with van der Waals surface area (Å²) in [6.45, 7) is 0.563. The third kappa shape index (κ3) is 5.98. The molecule has 1 heterocycles. The summed E-state index contributed by atoms with van der Waals surface area (Å²) in [6.07, 6.45) is -3.11. The minimum absolute atomic E-state index is 0.0638. The lowest BCUT2D eigenvalue weighted by Crippen LogP contribution is -2.20. The molecular formula is C24H18ClF3N4OS. The van der Waals surface area contributed by atoms with Crippen molar-refractivity contribution in [1.82, 2.24) is 15.0 Å². The topological polar surface area (TPSA) is 59.3 Å². The number of alkyl halides is 3. The third-order valence-electron chi connectivity index (χ3n) is 4.85. The van der Waals surface area contributed by atoms with Gasteiger partial charge in [-0.05, 0) is 47.5 Å². The van der Waals surface area contributed by atoms with Crippen LogP contribution in [0, 0.1) is 0 Å². The van der Waals surface area contributed by atoms with E-state index in [9.17, 15) is 18.0 Å². The predicted molar refractivity (Wildman–Crippen MR) is 128 cm³/mol. The van der Waals surface area contributed by atoms with Crippen molar-refractivity contribution in [2.75, 3.05) is 5.75 Å². The summed E-state index contributed by atoms with van der Waals surface area (Å²) < 4.78 is 39.9. The Morgan fingerprint density at radius 1 is 1.06 bits per heavy atom. The first kappa shape index (κ1) is 23.8. The lowest BCUT2D eigenvalue weighted by Gasteiger charge is -2.09. The van der Waals surface area contributed by atoms with Crippen molar-refractivity contribution in [2.45, 2.75) is 17.9 Å². The number of imidazole rings is 1. The molecule has 0 atom stereocenters. The maximum Gasteiger partial charge on any atom is 0.416 e. The molecule has 4 rings (SSSR count). The molecule has 0 aliphatic rings. The van der Waals surface area contributed by atoms with Gasteiger partial charge in [-0.25, -0.2) is 10.4 Å². The predicted octanol–water partition coefficient (Wildman–Crippen LogP) is 6.00. The van der Waals surface area contributed by atoms with Gasteiger partial charge < -0.3 is 4.57 Å². The summed E-state index contributed by atoms with van der Waals surface area (Å²) in [6, 6.07) is 19.7. The fraction of sp³-hybridized carbons (Fsp3) is 0.125. The van der Waals surface area contributed by atoms with E-state index in [0.29, 0.717) is 22.3 Å². The molecule has 5 nitrogen and oxygen atoms in total. The number of nitrogens with one attached hydrogen (secondary N) is 1. The number of hydrogen-bond acceptors (Lipinski definition) is 4. The number of aromatic nitrogens is 2. The molecule has 0 fully saturated rings. The molecule has 4 aromatic rings. The standard InChI is InChI=1S/C24H18ClF3N4OS/c25-19-11-7-17(8-12-19)14-32-21-4-2-1-3-20(21)30-23(32)34-15-22(33)31-29-13-16-5-9-18(10-6-16)24(26,27)28/h1-13H,14-15H2,(H,31,33)/b29-13+. The lowest BCUT2D eigenvalue weighted by atomic mass is 10.1. The largest absolute Gasteiger partial charge is 0.416 e. The molecule has 1 amide bonds. The Morgan fingerprint density at radius 3 is 2.47 bits per heavy atom. The van der Waals surface area contributed by atoms with Gasteiger partial charge in [0.2, 0.25) is 0 Å². The van der Waals surface area contributed by atoms with Crippen molar-refractivity contribution >= 4 is 46.5 Å². The van der Waals surface area contributed by atoms with E-state index in [-0.39, 0.29) is 11.7 Å². The van der Waals surface area contributed by atoms with E-state index in [1.807, 2.05) is 53.1 Å². The summed E-state index contributed by atoms with van der Waals surface area (Å²) in [5.74, 6) is -0.299. The van der Waals surface area contributed by atoms with E-state index in [0.717, 1.165) is 28.7 Å². The number of benzene rings is 3. The molecule has 174 valence electrons. The van der Waals surface area contributed by atoms with Gasteiger partial charge in [0, 0.05) is 5.02 Å². The molecule has 0 spiro atoms. The zero-order valence-electron chi connectivity index (χ0n) is 17.6. The summed E-state index contributed by atoms with van der Waals surface area (Å²) in [7, 11) is 0. The number of halogens is 4. The van der Waals surface area contributed by atoms with Gasteiger partial charge in [-0.3, -0.25) is 4.79 Å². The van der Waals surface area contributed by atoms with Crippen LogP contribution in [0.2, 0.25) is 5.02 Å². The Bertz CT molecular complexity index is 1320. The molecule has 1 aromatic heterocycles. The quantitative estimate of drug-likeness (QED) is 0.191. The highest BCUT2D eigenvalue weighted by Gasteiger charge is 2.29. The van der Waals surface area contributed by atoms with Gasteiger partial charge in [0.15, 0.2) is 5.16 Å². The number of para-hydroxylation sites is 2. The monoisotopic (exact) mass is 502 g/mol. The number of fused-ring (bicyclic) bond motifs is 1. The summed E-state index contributed by atoms with van der Waals surface area (Å²) >= 11 is 7.25. The molecule has 0 unspecified atom stereocenters. The number of carbonyl (C=O) groups is 1. The van der Waals surface area contributed by atoms with Crippen LogP contribution in [0.4, 0.5) is 13.2 Å². The molecular weight excluding hydrogens is 485 g/mol. The van der Waals surface area contributed by atoms with Gasteiger partial charge in [-0.2, -0.15) is 18.3 Å². The Morgan fingerprint density at radius 2 is 1.76 bits per heavy atom. The van der Waals surface area contributed by atoms with Gasteiger partial charge in [-0.15, -0.1) is 0 Å². The van der Waals surface area contributed by atoms with Crippen molar-refractivity contribution in [1.29, 1.82) is 0 Å². The average Bonchev–Trinajstić information content (AvgIpc) is 3.16. The van der Waals surface area contributed by atoms with Crippen LogP contribution in [0.3, 0.4) is 0 Å². The molecule has 0 bridgehead atoms. The van der Waals surface area contributed by atoms with E-state index in [1.54, 1.807) is 0 Å². The van der Waals surface area contributed by atoms with Crippen LogP contribution in [-0.2, 0) is 17.5 Å². The van der Waals surface area contributed by atoms with Crippen LogP contribution in [0.1, 0.15) is 16.7 Å². The Kier molecular flexibility index (Phi) is 7.23. The van der Waals surface area contributed by atoms with Crippen molar-refractivity contribution in [2.24, 2.45) is 5.10 Å². The number of nitrogens with zero attached hydrogens (tertiary/aromatic N) is 3. The van der Waals surface area contributed by atoms with Crippen molar-refractivity contribution in [3.05, 3.63) is 94.5 Å². The van der Waals surface area contributed by atoms with Crippen LogP contribution >= 0.6 is 23.4 Å². The van der Waals surface area contributed by atoms with E-state index in [2.05, 4.69) is 15.5 Å². The maximum atomic E-state index is 12.6. The number of thioether (sulfide) groups is 1. The maximum absolute atomic E-state index is 12.6. The average molecular weight is 503 g/mol. The first-order valence-corrected chi connectivity index (χ1v) is 11.5. The lowest BCUT2D eigenvalue weighted by molar-refractivity contribution is -0.137. The second-order valence-electron chi connectivity index (χ2n) is 7.30. The van der Waals surface area contributed by atoms with Gasteiger partial charge in [-0.1, -0.05) is 59.8 Å². The molecule has 0 radical (unpaired) electrons. The second-order valence-corrected chi connectivity index (χ2v) is 8.68. The van der Waals surface area contributed by atoms with E-state index >= 15 is 0 Å². The van der Waals surface area contributed by atoms with Crippen molar-refractivity contribution < 1.29 is 18.0 Å². The van der Waals surface area contributed by atoms with Crippen LogP contribution in [0.15, 0.2) is 83.1 Å². The van der Waals surface area contributed by atoms with Gasteiger partial charge in [0.25, 0.3) is 5.91 Å². The molecule has 1 N–H and O–H groups in total. The van der Waals surface area contributed by atoms with Crippen LogP contribution in [-0.4, -0.2) is 27.4 Å². The highest BCUT2D eigenvalue weighted by atomic mass is 35.5. The number of hydrazone groups is 1. The highest BCUT2D eigenvalue weighted by molar-refractivity contribution is 7.99. The second kappa shape index (κ2) is 10.3. The molecule has 0 saturated carbocycles. The Balaban J connectivity index is 1.40. The van der Waals surface area contributed by atoms with E-state index in [4.69, 9.17) is 11.6 Å². The number of carbonyl (C=O) groups excluding carboxylic acids is 1. The third-order valence-corrected chi connectivity index (χ3v) is 6.08. The normalized spacial score (nSPS) is 11.9. The summed E-state index contributed by atoms with van der Waals surface area (Å²) in [5, 5.41) is 5.16. The fourth-order valence-corrected chi connectivity index (χ4v) is 4.12. The van der Waals surface area contributed by atoms with Crippen molar-refractivity contribution in [3.63, 3.8) is 0 Å². The summed E-state index contributed by atoms with van der Waals surface area (Å²) in [4.78, 5) is 16.9. The minimum Gasteiger partial charge on any atom is -0.314 e. The molecule has 10 heteroatoms. The smallest absolute Gasteiger partial charge is 0.314 e. The zero-order valence-corrected chi connectivity index (χ0v) is 19.2. The SMILES string of the molecule is O=C(CSc1nc2ccccc2n1Cc1ccc(Cl)cc1)N/N=C/c1ccc(C(F)(F)F)cc1. The Hall–Kier alpha value is -3.30. The minimum atomic E-state index is -4.40. The van der Waals surface area contributed by atoms with E-state index in [1.165, 1.54) is 30.1 Å². The fourth-order valence-electron chi connectivity index (χ4n) is 3.19. The number of hydrogen-bond donors (Lipinski definition) is 1. The zero-order chi connectivity index (χ0) is 24.1.